The summed E-state index contributed by atoms with van der Waals surface area (Å²) in [4.78, 5) is 201. The Hall–Kier alpha value is -10.7. The van der Waals surface area contributed by atoms with Crippen LogP contribution in [-0.4, -0.2) is 212 Å². The van der Waals surface area contributed by atoms with Crippen LogP contribution in [0.25, 0.3) is 10.9 Å². The van der Waals surface area contributed by atoms with Gasteiger partial charge in [0.25, 0.3) is 0 Å². The number of fused-ring (bicyclic) bond motifs is 1. The SMILES string of the molecule is CC(C)[C@@H]1NC(=O)[C@@H](NC(=O)[C@H](Cc2ccc(O)cc2)NC(=O)[C@@H]2CCCN2C(=O)CCN)CSSC(C)[C@H](C(N)=O)NC(=O)[C@H](CCC(=O)O)NC(=O)[C@H](Cc2c[nH]c3ccccc23)NC(=O)[C@H](CCC(N)=O)NC(=O)CCNC(=O)[C@H](CCCNC(=N)N)NC(=O)[C@H](Cc2ccc(O)cc2)NC1=O. The van der Waals surface area contributed by atoms with Crippen molar-refractivity contribution in [3.8, 4) is 11.5 Å². The second-order valence-corrected chi connectivity index (χ2v) is 28.5. The van der Waals surface area contributed by atoms with Gasteiger partial charge in [0.1, 0.15) is 71.9 Å². The fraction of sp³-hybridized carbons (Fsp3) is 0.485. The summed E-state index contributed by atoms with van der Waals surface area (Å²) in [5.74, 6) is -15.2. The molecule has 2 aliphatic rings. The highest BCUT2D eigenvalue weighted by Gasteiger charge is 2.40. The maximum absolute atomic E-state index is 15.1. The Kier molecular flexibility index (Phi) is 32.5. The van der Waals surface area contributed by atoms with Crippen molar-refractivity contribution in [2.24, 2.45) is 28.9 Å². The zero-order valence-corrected chi connectivity index (χ0v) is 59.9. The van der Waals surface area contributed by atoms with E-state index in [0.29, 0.717) is 34.0 Å². The van der Waals surface area contributed by atoms with Crippen LogP contribution in [0.15, 0.2) is 79.0 Å². The predicted octanol–water partition coefficient (Wildman–Crippen LogP) is -2.87. The summed E-state index contributed by atoms with van der Waals surface area (Å²) in [6.45, 7) is 4.40. The number of carbonyl (C=O) groups is 14. The quantitative estimate of drug-likeness (QED) is 0.0145. The molecule has 570 valence electrons. The average molecular weight is 1500 g/mol. The van der Waals surface area contributed by atoms with Gasteiger partial charge in [-0.05, 0) is 98.4 Å². The van der Waals surface area contributed by atoms with Crippen molar-refractivity contribution in [1.82, 2.24) is 68.4 Å². The molecule has 24 N–H and O–H groups in total. The lowest BCUT2D eigenvalue weighted by molar-refractivity contribution is -0.139. The minimum absolute atomic E-state index is 0.00506. The van der Waals surface area contributed by atoms with Gasteiger partial charge in [-0.25, -0.2) is 0 Å². The maximum Gasteiger partial charge on any atom is 0.303 e. The van der Waals surface area contributed by atoms with Crippen molar-refractivity contribution < 1.29 is 82.4 Å². The van der Waals surface area contributed by atoms with E-state index in [1.54, 1.807) is 44.3 Å². The third-order valence-corrected chi connectivity index (χ3v) is 20.2. The van der Waals surface area contributed by atoms with Crippen molar-refractivity contribution in [2.45, 2.75) is 170 Å². The molecule has 1 unspecified atom stereocenters. The van der Waals surface area contributed by atoms with Crippen LogP contribution < -0.4 is 81.4 Å². The molecule has 2 fully saturated rings. The van der Waals surface area contributed by atoms with Crippen LogP contribution >= 0.6 is 21.6 Å². The fourth-order valence-electron chi connectivity index (χ4n) is 11.6. The Balaban J connectivity index is 1.43. The second-order valence-electron chi connectivity index (χ2n) is 25.7. The zero-order chi connectivity index (χ0) is 77.0. The molecule has 0 spiro atoms. The standard InChI is InChI=1S/C68H94N18O17S2/c1-35(2)56-67(103)82-48(31-38-14-18-41(88)19-15-38)62(98)78-44(10-6-27-75-68(72)73)59(95)74-28-25-53(90)77-45(20-22-52(70)89)60(96)80-49(32-39-33-76-43-9-5-4-8-42(39)43)64(100)79-46(21-23-55(92)93)61(97)85-57(58(71)94)36(3)105-104-34-50(65(101)84-56)83-63(99)47(30-37-12-16-40(87)17-13-37)81-66(102)51-11-7-29-86(51)54(91)24-26-69/h4-5,8-9,12-19,33,35-36,44-51,56-57,76,87-88H,6-7,10-11,20-32,34,69H2,1-3H3,(H2,70,89)(H2,71,94)(H,74,95)(H,77,90)(H,78,98)(H,79,100)(H,80,96)(H,81,102)(H,82,103)(H,83,99)(H,84,101)(H,85,97)(H,92,93)(H4,72,73,75)/t36?,44-,45-,46-,47-,48-,49-,50-,51-,56-,57+/m0/s1. The van der Waals surface area contributed by atoms with Gasteiger partial charge in [0.15, 0.2) is 5.96 Å². The van der Waals surface area contributed by atoms with E-state index >= 15 is 4.79 Å². The average Bonchev–Trinajstić information content (AvgIpc) is 1.66. The zero-order valence-electron chi connectivity index (χ0n) is 58.3. The van der Waals surface area contributed by atoms with Gasteiger partial charge in [0.05, 0.1) is 0 Å². The molecule has 1 aromatic heterocycles. The minimum Gasteiger partial charge on any atom is -0.508 e. The molecule has 3 heterocycles. The largest absolute Gasteiger partial charge is 0.508 e. The normalized spacial score (nSPS) is 22.8. The van der Waals surface area contributed by atoms with Gasteiger partial charge < -0.3 is 107 Å². The number of likely N-dealkylation sites (tertiary alicyclic amines) is 1. The molecule has 37 heteroatoms. The summed E-state index contributed by atoms with van der Waals surface area (Å²) in [5, 5.41) is 66.2. The summed E-state index contributed by atoms with van der Waals surface area (Å²) in [6, 6.07) is 2.85. The number of aromatic nitrogens is 1. The molecule has 4 aromatic rings. The number of nitrogens with one attached hydrogen (secondary N) is 13. The number of carboxylic acid groups (broad SMARTS) is 1. The molecule has 3 aromatic carbocycles. The van der Waals surface area contributed by atoms with Crippen LogP contribution in [0, 0.1) is 11.3 Å². The van der Waals surface area contributed by atoms with E-state index in [4.69, 9.17) is 28.3 Å². The number of aromatic amines is 1. The summed E-state index contributed by atoms with van der Waals surface area (Å²) in [6.07, 6.45) is -1.43. The number of phenols is 2. The molecular formula is C68H94N18O17S2. The molecule has 0 aliphatic carbocycles. The number of nitrogens with two attached hydrogens (primary N) is 4. The Morgan fingerprint density at radius 1 is 0.686 bits per heavy atom. The van der Waals surface area contributed by atoms with Gasteiger partial charge >= 0.3 is 5.97 Å². The Bertz CT molecular complexity index is 3770. The lowest BCUT2D eigenvalue weighted by atomic mass is 10.00. The molecule has 0 radical (unpaired) electrons. The topological polar surface area (TPSA) is 579 Å². The number of aromatic hydroxyl groups is 2. The number of rotatable bonds is 24. The Morgan fingerprint density at radius 2 is 1.28 bits per heavy atom. The number of amides is 13. The van der Waals surface area contributed by atoms with E-state index < -0.39 is 205 Å². The molecule has 105 heavy (non-hydrogen) atoms. The lowest BCUT2D eigenvalue weighted by Gasteiger charge is -2.30. The molecule has 2 saturated heterocycles. The molecule has 13 amide bonds. The van der Waals surface area contributed by atoms with Crippen LogP contribution in [-0.2, 0) is 86.4 Å². The van der Waals surface area contributed by atoms with E-state index in [1.807, 2.05) is 0 Å². The van der Waals surface area contributed by atoms with Crippen LogP contribution in [0.4, 0.5) is 0 Å². The summed E-state index contributed by atoms with van der Waals surface area (Å²) in [7, 11) is 1.72. The van der Waals surface area contributed by atoms with E-state index in [9.17, 15) is 77.6 Å². The Labute approximate surface area is 612 Å². The lowest BCUT2D eigenvalue weighted by Crippen LogP contribution is -2.61. The third-order valence-electron chi connectivity index (χ3n) is 17.3. The van der Waals surface area contributed by atoms with E-state index in [2.05, 4.69) is 63.5 Å². The maximum atomic E-state index is 15.1. The number of benzene rings is 3. The molecule has 11 atom stereocenters. The van der Waals surface area contributed by atoms with Gasteiger partial charge in [-0.2, -0.15) is 0 Å². The molecule has 6 rings (SSSR count). The molecule has 0 saturated carbocycles. The van der Waals surface area contributed by atoms with Crippen molar-refractivity contribution in [2.75, 3.05) is 31.9 Å². The number of phenolic OH excluding ortho intramolecular Hbond substituents is 2. The highest BCUT2D eigenvalue weighted by Crippen LogP contribution is 2.30. The highest BCUT2D eigenvalue weighted by atomic mass is 33.1. The number of primary amides is 2. The second kappa shape index (κ2) is 41.0. The predicted molar refractivity (Wildman–Crippen MR) is 387 cm³/mol. The Morgan fingerprint density at radius 3 is 1.90 bits per heavy atom. The van der Waals surface area contributed by atoms with E-state index in [1.165, 1.54) is 60.4 Å². The van der Waals surface area contributed by atoms with Gasteiger partial charge in [0.2, 0.25) is 76.8 Å². The molecule has 0 bridgehead atoms. The number of guanidine groups is 1. The number of hydrogen-bond donors (Lipinski definition) is 20. The number of para-hydroxylation sites is 1. The third kappa shape index (κ3) is 26.5. The minimum atomic E-state index is -1.76. The van der Waals surface area contributed by atoms with Crippen molar-refractivity contribution in [3.05, 3.63) is 95.7 Å². The summed E-state index contributed by atoms with van der Waals surface area (Å²) < 4.78 is 0. The van der Waals surface area contributed by atoms with Crippen LogP contribution in [0.2, 0.25) is 0 Å². The van der Waals surface area contributed by atoms with Crippen molar-refractivity contribution >= 4 is 121 Å². The monoisotopic (exact) mass is 1500 g/mol. The highest BCUT2D eigenvalue weighted by molar-refractivity contribution is 8.77. The van der Waals surface area contributed by atoms with E-state index in [0.717, 1.165) is 21.6 Å². The first-order valence-corrected chi connectivity index (χ1v) is 36.6. The van der Waals surface area contributed by atoms with E-state index in [-0.39, 0.29) is 76.1 Å². The fourth-order valence-corrected chi connectivity index (χ4v) is 14.2. The molecule has 2 aliphatic heterocycles. The van der Waals surface area contributed by atoms with Crippen molar-refractivity contribution in [1.29, 1.82) is 5.41 Å². The number of carboxylic acids is 1. The van der Waals surface area contributed by atoms with Crippen LogP contribution in [0.5, 0.6) is 11.5 Å². The number of hydrogen-bond acceptors (Lipinski definition) is 20. The summed E-state index contributed by atoms with van der Waals surface area (Å²) >= 11 is 0. The van der Waals surface area contributed by atoms with Gasteiger partial charge in [-0.3, -0.25) is 72.5 Å². The number of nitrogens with zero attached hydrogens (tertiary/aromatic N) is 1. The first-order chi connectivity index (χ1) is 49.9. The molecule has 35 nitrogen and oxygen atoms in total. The first kappa shape index (κ1) is 83.3. The van der Waals surface area contributed by atoms with Gasteiger partial charge in [-0.15, -0.1) is 0 Å². The number of aliphatic carboxylic acids is 1. The summed E-state index contributed by atoms with van der Waals surface area (Å²) in [5.41, 5.74) is 24.6. The van der Waals surface area contributed by atoms with Crippen LogP contribution in [0.1, 0.15) is 102 Å². The first-order valence-electron chi connectivity index (χ1n) is 34.2. The smallest absolute Gasteiger partial charge is 0.303 e. The van der Waals surface area contributed by atoms with Gasteiger partial charge in [-0.1, -0.05) is 77.9 Å². The molecular weight excluding hydrogens is 1400 g/mol. The van der Waals surface area contributed by atoms with Crippen LogP contribution in [0.3, 0.4) is 0 Å². The number of H-pyrrole nitrogens is 1. The van der Waals surface area contributed by atoms with Gasteiger partial charge in [0, 0.05) is 99.2 Å². The number of carbonyl (C=O) groups excluding carboxylic acids is 13. The van der Waals surface area contributed by atoms with Crippen molar-refractivity contribution in [3.63, 3.8) is 0 Å².